The fraction of sp³-hybridized carbons (Fsp3) is 0.467. The molecule has 3 amide bonds. The van der Waals surface area contributed by atoms with E-state index in [0.29, 0.717) is 11.4 Å². The highest BCUT2D eigenvalue weighted by Gasteiger charge is 2.14. The first-order valence-electron chi connectivity index (χ1n) is 7.15. The molecule has 0 aromatic heterocycles. The first-order chi connectivity index (χ1) is 10.5. The molecule has 1 atom stereocenters. The first-order valence-corrected chi connectivity index (χ1v) is 7.15. The molecule has 0 aliphatic rings. The van der Waals surface area contributed by atoms with E-state index in [1.807, 2.05) is 13.8 Å². The van der Waals surface area contributed by atoms with E-state index >= 15 is 0 Å². The lowest BCUT2D eigenvalue weighted by atomic mass is 10.2. The summed E-state index contributed by atoms with van der Waals surface area (Å²) in [5.41, 5.74) is 6.55. The van der Waals surface area contributed by atoms with Gasteiger partial charge in [0.2, 0.25) is 5.91 Å². The average molecular weight is 308 g/mol. The third-order valence-corrected chi connectivity index (χ3v) is 2.88. The van der Waals surface area contributed by atoms with Crippen molar-refractivity contribution in [1.29, 1.82) is 0 Å². The molecule has 5 N–H and O–H groups in total. The van der Waals surface area contributed by atoms with Gasteiger partial charge in [-0.2, -0.15) is 0 Å². The van der Waals surface area contributed by atoms with E-state index in [4.69, 9.17) is 10.5 Å². The minimum Gasteiger partial charge on any atom is -0.380 e. The average Bonchev–Trinajstić information content (AvgIpc) is 2.46. The summed E-state index contributed by atoms with van der Waals surface area (Å²) >= 11 is 0. The highest BCUT2D eigenvalue weighted by Crippen LogP contribution is 2.21. The van der Waals surface area contributed by atoms with Gasteiger partial charge in [-0.25, -0.2) is 4.79 Å². The number of amides is 3. The van der Waals surface area contributed by atoms with Crippen molar-refractivity contribution in [3.8, 4) is 0 Å². The first kappa shape index (κ1) is 17.9. The van der Waals surface area contributed by atoms with E-state index in [9.17, 15) is 9.59 Å². The van der Waals surface area contributed by atoms with Gasteiger partial charge in [0, 0.05) is 19.7 Å². The fourth-order valence-electron chi connectivity index (χ4n) is 1.79. The fourth-order valence-corrected chi connectivity index (χ4v) is 1.79. The molecule has 7 nitrogen and oxygen atoms in total. The molecule has 1 rings (SSSR count). The number of para-hydroxylation sites is 2. The van der Waals surface area contributed by atoms with Crippen molar-refractivity contribution in [1.82, 2.24) is 5.32 Å². The van der Waals surface area contributed by atoms with Crippen molar-refractivity contribution in [2.75, 3.05) is 24.3 Å². The van der Waals surface area contributed by atoms with Gasteiger partial charge < -0.3 is 26.4 Å². The van der Waals surface area contributed by atoms with Gasteiger partial charge in [0.15, 0.2) is 0 Å². The highest BCUT2D eigenvalue weighted by molar-refractivity contribution is 5.99. The summed E-state index contributed by atoms with van der Waals surface area (Å²) in [4.78, 5) is 23.7. The van der Waals surface area contributed by atoms with Gasteiger partial charge in [0.25, 0.3) is 0 Å². The third-order valence-electron chi connectivity index (χ3n) is 2.88. The highest BCUT2D eigenvalue weighted by atomic mass is 16.5. The van der Waals surface area contributed by atoms with Crippen molar-refractivity contribution in [2.24, 2.45) is 5.73 Å². The molecular weight excluding hydrogens is 284 g/mol. The van der Waals surface area contributed by atoms with E-state index in [2.05, 4.69) is 16.0 Å². The van der Waals surface area contributed by atoms with Crippen molar-refractivity contribution in [3.05, 3.63) is 24.3 Å². The Kier molecular flexibility index (Phi) is 7.34. The number of nitrogens with two attached hydrogens (primary N) is 1. The lowest BCUT2D eigenvalue weighted by Crippen LogP contribution is -2.34. The van der Waals surface area contributed by atoms with Crippen LogP contribution in [0.3, 0.4) is 0 Å². The van der Waals surface area contributed by atoms with E-state index in [-0.39, 0.29) is 37.0 Å². The summed E-state index contributed by atoms with van der Waals surface area (Å²) in [6.45, 7) is 4.00. The second kappa shape index (κ2) is 9.01. The van der Waals surface area contributed by atoms with Crippen LogP contribution in [-0.4, -0.2) is 37.7 Å². The molecule has 0 aliphatic heterocycles. The van der Waals surface area contributed by atoms with Crippen LogP contribution in [0, 0.1) is 0 Å². The number of methoxy groups -OCH3 is 1. The second-order valence-electron chi connectivity index (χ2n) is 5.14. The van der Waals surface area contributed by atoms with E-state index in [0.717, 1.165) is 0 Å². The Hall–Kier alpha value is -2.12. The zero-order valence-corrected chi connectivity index (χ0v) is 13.2. The molecule has 1 unspecified atom stereocenters. The summed E-state index contributed by atoms with van der Waals surface area (Å²) in [7, 11) is 1.51. The largest absolute Gasteiger partial charge is 0.380 e. The van der Waals surface area contributed by atoms with Crippen molar-refractivity contribution in [2.45, 2.75) is 32.4 Å². The lowest BCUT2D eigenvalue weighted by molar-refractivity contribution is -0.118. The van der Waals surface area contributed by atoms with Crippen molar-refractivity contribution >= 4 is 23.3 Å². The van der Waals surface area contributed by atoms with Crippen molar-refractivity contribution in [3.63, 3.8) is 0 Å². The number of urea groups is 1. The quantitative estimate of drug-likeness (QED) is 0.613. The molecule has 22 heavy (non-hydrogen) atoms. The number of benzene rings is 1. The van der Waals surface area contributed by atoms with E-state index < -0.39 is 0 Å². The second-order valence-corrected chi connectivity index (χ2v) is 5.14. The molecule has 0 heterocycles. The number of anilines is 2. The van der Waals surface area contributed by atoms with E-state index in [1.54, 1.807) is 24.3 Å². The van der Waals surface area contributed by atoms with Crippen LogP contribution in [-0.2, 0) is 9.53 Å². The SMILES string of the molecule is COC(CN)CC(=O)Nc1ccccc1NC(=O)NC(C)C. The van der Waals surface area contributed by atoms with Crippen LogP contribution in [0.2, 0.25) is 0 Å². The maximum absolute atomic E-state index is 12.0. The molecule has 7 heteroatoms. The molecule has 0 spiro atoms. The maximum Gasteiger partial charge on any atom is 0.319 e. The number of rotatable bonds is 7. The number of nitrogens with one attached hydrogen (secondary N) is 3. The lowest BCUT2D eigenvalue weighted by Gasteiger charge is -2.16. The summed E-state index contributed by atoms with van der Waals surface area (Å²) < 4.78 is 5.08. The Bertz CT molecular complexity index is 501. The maximum atomic E-state index is 12.0. The number of hydrogen-bond donors (Lipinski definition) is 4. The summed E-state index contributed by atoms with van der Waals surface area (Å²) in [5.74, 6) is -0.226. The molecule has 0 fully saturated rings. The monoisotopic (exact) mass is 308 g/mol. The Morgan fingerprint density at radius 3 is 2.27 bits per heavy atom. The predicted molar refractivity (Wildman–Crippen MR) is 86.8 cm³/mol. The molecule has 1 aromatic rings. The Morgan fingerprint density at radius 1 is 1.18 bits per heavy atom. The van der Waals surface area contributed by atoms with E-state index in [1.165, 1.54) is 7.11 Å². The molecule has 0 radical (unpaired) electrons. The van der Waals surface area contributed by atoms with Gasteiger partial charge in [0.1, 0.15) is 0 Å². The molecule has 0 saturated heterocycles. The molecule has 0 bridgehead atoms. The number of hydrogen-bond acceptors (Lipinski definition) is 4. The summed E-state index contributed by atoms with van der Waals surface area (Å²) in [6.07, 6.45) is -0.177. The molecule has 1 aromatic carbocycles. The van der Waals surface area contributed by atoms with Gasteiger partial charge in [-0.3, -0.25) is 4.79 Å². The van der Waals surface area contributed by atoms with Gasteiger partial charge in [-0.05, 0) is 26.0 Å². The molecule has 0 aliphatic carbocycles. The predicted octanol–water partition coefficient (Wildman–Crippen LogP) is 1.52. The van der Waals surface area contributed by atoms with Gasteiger partial charge in [0.05, 0.1) is 23.9 Å². The normalized spacial score (nSPS) is 11.9. The zero-order chi connectivity index (χ0) is 16.5. The van der Waals surface area contributed by atoms with Gasteiger partial charge >= 0.3 is 6.03 Å². The summed E-state index contributed by atoms with van der Waals surface area (Å²) in [6, 6.07) is 6.68. The van der Waals surface area contributed by atoms with Crippen LogP contribution in [0.25, 0.3) is 0 Å². The topological polar surface area (TPSA) is 105 Å². The van der Waals surface area contributed by atoms with Gasteiger partial charge in [-0.1, -0.05) is 12.1 Å². The smallest absolute Gasteiger partial charge is 0.319 e. The zero-order valence-electron chi connectivity index (χ0n) is 13.2. The number of ether oxygens (including phenoxy) is 1. The molecule has 0 saturated carbocycles. The Morgan fingerprint density at radius 2 is 1.77 bits per heavy atom. The Balaban J connectivity index is 2.71. The Labute approximate surface area is 130 Å². The van der Waals surface area contributed by atoms with Crippen LogP contribution < -0.4 is 21.7 Å². The minimum atomic E-state index is -0.329. The summed E-state index contributed by atoms with van der Waals surface area (Å²) in [5, 5.41) is 8.18. The van der Waals surface area contributed by atoms with Crippen LogP contribution in [0.15, 0.2) is 24.3 Å². The third kappa shape index (κ3) is 6.11. The number of carbonyl (C=O) groups excluding carboxylic acids is 2. The van der Waals surface area contributed by atoms with Crippen LogP contribution in [0.4, 0.5) is 16.2 Å². The standard InChI is InChI=1S/C15H24N4O3/c1-10(2)17-15(21)19-13-7-5-4-6-12(13)18-14(20)8-11(9-16)22-3/h4-7,10-11H,8-9,16H2,1-3H3,(H,18,20)(H2,17,19,21). The van der Waals surface area contributed by atoms with Crippen LogP contribution in [0.1, 0.15) is 20.3 Å². The van der Waals surface area contributed by atoms with Crippen LogP contribution in [0.5, 0.6) is 0 Å². The van der Waals surface area contributed by atoms with Crippen molar-refractivity contribution < 1.29 is 14.3 Å². The van der Waals surface area contributed by atoms with Gasteiger partial charge in [-0.15, -0.1) is 0 Å². The number of carbonyl (C=O) groups is 2. The molecular formula is C15H24N4O3. The van der Waals surface area contributed by atoms with Crippen LogP contribution >= 0.6 is 0 Å². The minimum absolute atomic E-state index is 0.0220. The molecule has 122 valence electrons.